The van der Waals surface area contributed by atoms with Crippen molar-refractivity contribution in [2.24, 2.45) is 0 Å². The molecule has 0 saturated heterocycles. The van der Waals surface area contributed by atoms with E-state index >= 15 is 0 Å². The molecule has 0 N–H and O–H groups in total. The van der Waals surface area contributed by atoms with Gasteiger partial charge in [0.2, 0.25) is 0 Å². The molecule has 29 heavy (non-hydrogen) atoms. The molecule has 6 heteroatoms. The van der Waals surface area contributed by atoms with Crippen molar-refractivity contribution < 1.29 is 28.5 Å². The summed E-state index contributed by atoms with van der Waals surface area (Å²) in [7, 11) is 1.55. The first kappa shape index (κ1) is 22.0. The molecule has 6 nitrogen and oxygen atoms in total. The second-order valence-electron chi connectivity index (χ2n) is 6.23. The summed E-state index contributed by atoms with van der Waals surface area (Å²) in [6, 6.07) is 13.3. The van der Waals surface area contributed by atoms with Crippen molar-refractivity contribution >= 4 is 11.9 Å². The zero-order valence-corrected chi connectivity index (χ0v) is 16.8. The van der Waals surface area contributed by atoms with Crippen LogP contribution in [0.1, 0.15) is 32.6 Å². The average molecular weight is 398 g/mol. The van der Waals surface area contributed by atoms with E-state index in [4.69, 9.17) is 18.9 Å². The molecule has 0 saturated carbocycles. The zero-order valence-electron chi connectivity index (χ0n) is 16.8. The van der Waals surface area contributed by atoms with Gasteiger partial charge in [-0.15, -0.1) is 0 Å². The van der Waals surface area contributed by atoms with Gasteiger partial charge in [0.15, 0.2) is 0 Å². The molecule has 0 fully saturated rings. The number of rotatable bonds is 11. The molecule has 0 radical (unpaired) electrons. The predicted octanol–water partition coefficient (Wildman–Crippen LogP) is 4.72. The minimum Gasteiger partial charge on any atom is -0.497 e. The maximum atomic E-state index is 11.8. The van der Waals surface area contributed by atoms with Gasteiger partial charge < -0.3 is 18.9 Å². The monoisotopic (exact) mass is 398 g/mol. The highest BCUT2D eigenvalue weighted by molar-refractivity contribution is 5.93. The number of ether oxygens (including phenoxy) is 4. The molecule has 0 spiro atoms. The van der Waals surface area contributed by atoms with Crippen LogP contribution >= 0.6 is 0 Å². The number of hydrogen-bond donors (Lipinski definition) is 0. The van der Waals surface area contributed by atoms with Crippen LogP contribution in [0.2, 0.25) is 0 Å². The average Bonchev–Trinajstić information content (AvgIpc) is 2.74. The van der Waals surface area contributed by atoms with Crippen LogP contribution in [0.25, 0.3) is 0 Å². The molecule has 0 heterocycles. The van der Waals surface area contributed by atoms with Gasteiger partial charge >= 0.3 is 11.9 Å². The molecule has 2 aromatic rings. The van der Waals surface area contributed by atoms with E-state index in [0.29, 0.717) is 23.9 Å². The number of unbranched alkanes of at least 4 members (excludes halogenated alkanes) is 3. The minimum absolute atomic E-state index is 0.346. The Balaban J connectivity index is 1.75. The Labute approximate surface area is 171 Å². The van der Waals surface area contributed by atoms with Gasteiger partial charge in [-0.3, -0.25) is 0 Å². The molecule has 0 aliphatic carbocycles. The van der Waals surface area contributed by atoms with Crippen LogP contribution < -0.4 is 18.9 Å². The Bertz CT molecular complexity index is 793. The highest BCUT2D eigenvalue weighted by Gasteiger charge is 2.05. The second kappa shape index (κ2) is 12.2. The summed E-state index contributed by atoms with van der Waals surface area (Å²) in [5.74, 6) is 0.723. The topological polar surface area (TPSA) is 71.1 Å². The van der Waals surface area contributed by atoms with Crippen molar-refractivity contribution in [1.82, 2.24) is 0 Å². The van der Waals surface area contributed by atoms with Gasteiger partial charge in [-0.05, 0) is 55.0 Å². The van der Waals surface area contributed by atoms with E-state index in [0.717, 1.165) is 30.7 Å². The maximum Gasteiger partial charge on any atom is 0.336 e. The van der Waals surface area contributed by atoms with Crippen molar-refractivity contribution in [3.05, 3.63) is 60.7 Å². The standard InChI is InChI=1S/C23H26O6/c1-3-4-5-6-17-27-19-9-13-21(14-10-19)29-23(25)16-15-22(24)28-20-11-7-18(26-2)8-12-20/h7-16H,3-6,17H2,1-2H3/b16-15+. The van der Waals surface area contributed by atoms with E-state index < -0.39 is 11.9 Å². The Hall–Kier alpha value is -3.28. The minimum atomic E-state index is -0.682. The van der Waals surface area contributed by atoms with E-state index in [1.165, 1.54) is 12.8 Å². The van der Waals surface area contributed by atoms with Crippen molar-refractivity contribution in [3.8, 4) is 23.0 Å². The molecule has 2 rings (SSSR count). The van der Waals surface area contributed by atoms with Gasteiger partial charge in [0.25, 0.3) is 0 Å². The number of hydrogen-bond acceptors (Lipinski definition) is 6. The fourth-order valence-electron chi connectivity index (χ4n) is 2.40. The third kappa shape index (κ3) is 8.51. The first-order valence-electron chi connectivity index (χ1n) is 9.59. The molecule has 0 amide bonds. The van der Waals surface area contributed by atoms with E-state index in [9.17, 15) is 9.59 Å². The molecule has 0 bridgehead atoms. The summed E-state index contributed by atoms with van der Waals surface area (Å²) in [6.45, 7) is 2.83. The largest absolute Gasteiger partial charge is 0.497 e. The summed E-state index contributed by atoms with van der Waals surface area (Å²) in [4.78, 5) is 23.6. The predicted molar refractivity (Wildman–Crippen MR) is 109 cm³/mol. The van der Waals surface area contributed by atoms with Crippen LogP contribution in [-0.4, -0.2) is 25.7 Å². The van der Waals surface area contributed by atoms with Crippen molar-refractivity contribution in [2.45, 2.75) is 32.6 Å². The fourth-order valence-corrected chi connectivity index (χ4v) is 2.40. The maximum absolute atomic E-state index is 11.8. The third-order valence-electron chi connectivity index (χ3n) is 3.94. The fraction of sp³-hybridized carbons (Fsp3) is 0.304. The molecule has 154 valence electrons. The molecule has 0 aliphatic rings. The van der Waals surface area contributed by atoms with Crippen molar-refractivity contribution in [2.75, 3.05) is 13.7 Å². The lowest BCUT2D eigenvalue weighted by molar-refractivity contribution is -0.131. The van der Waals surface area contributed by atoms with E-state index in [2.05, 4.69) is 6.92 Å². The van der Waals surface area contributed by atoms with Crippen LogP contribution in [0.5, 0.6) is 23.0 Å². The normalized spacial score (nSPS) is 10.6. The van der Waals surface area contributed by atoms with Crippen LogP contribution in [0.3, 0.4) is 0 Å². The van der Waals surface area contributed by atoms with Crippen molar-refractivity contribution in [1.29, 1.82) is 0 Å². The van der Waals surface area contributed by atoms with Gasteiger partial charge in [-0.25, -0.2) is 9.59 Å². The first-order valence-corrected chi connectivity index (χ1v) is 9.59. The second-order valence-corrected chi connectivity index (χ2v) is 6.23. The Kier molecular flexibility index (Phi) is 9.29. The molecule has 0 aromatic heterocycles. The summed E-state index contributed by atoms with van der Waals surface area (Å²) in [5.41, 5.74) is 0. The number of carbonyl (C=O) groups excluding carboxylic acids is 2. The Morgan fingerprint density at radius 1 is 0.724 bits per heavy atom. The summed E-state index contributed by atoms with van der Waals surface area (Å²) in [6.07, 6.45) is 6.60. The summed E-state index contributed by atoms with van der Waals surface area (Å²) < 4.78 is 20.9. The van der Waals surface area contributed by atoms with Gasteiger partial charge in [-0.2, -0.15) is 0 Å². The number of methoxy groups -OCH3 is 1. The Morgan fingerprint density at radius 2 is 1.21 bits per heavy atom. The molecule has 2 aromatic carbocycles. The van der Waals surface area contributed by atoms with E-state index in [1.54, 1.807) is 55.6 Å². The summed E-state index contributed by atoms with van der Waals surface area (Å²) >= 11 is 0. The molecular weight excluding hydrogens is 372 g/mol. The highest BCUT2D eigenvalue weighted by atomic mass is 16.5. The Morgan fingerprint density at radius 3 is 1.69 bits per heavy atom. The summed E-state index contributed by atoms with van der Waals surface area (Å²) in [5, 5.41) is 0. The molecule has 0 unspecified atom stereocenters. The van der Waals surface area contributed by atoms with Gasteiger partial charge in [0, 0.05) is 12.2 Å². The lowest BCUT2D eigenvalue weighted by Crippen LogP contribution is -2.08. The van der Waals surface area contributed by atoms with Gasteiger partial charge in [-0.1, -0.05) is 26.2 Å². The molecule has 0 aliphatic heterocycles. The smallest absolute Gasteiger partial charge is 0.336 e. The number of benzene rings is 2. The number of carbonyl (C=O) groups is 2. The molecular formula is C23H26O6. The lowest BCUT2D eigenvalue weighted by atomic mass is 10.2. The highest BCUT2D eigenvalue weighted by Crippen LogP contribution is 2.19. The van der Waals surface area contributed by atoms with Crippen LogP contribution in [0, 0.1) is 0 Å². The van der Waals surface area contributed by atoms with Crippen LogP contribution in [-0.2, 0) is 9.59 Å². The van der Waals surface area contributed by atoms with E-state index in [-0.39, 0.29) is 0 Å². The van der Waals surface area contributed by atoms with Gasteiger partial charge in [0.1, 0.15) is 23.0 Å². The quantitative estimate of drug-likeness (QED) is 0.236. The van der Waals surface area contributed by atoms with E-state index in [1.807, 2.05) is 0 Å². The molecule has 0 atom stereocenters. The van der Waals surface area contributed by atoms with Crippen LogP contribution in [0.15, 0.2) is 60.7 Å². The van der Waals surface area contributed by atoms with Crippen molar-refractivity contribution in [3.63, 3.8) is 0 Å². The zero-order chi connectivity index (χ0) is 20.9. The van der Waals surface area contributed by atoms with Crippen LogP contribution in [0.4, 0.5) is 0 Å². The first-order chi connectivity index (χ1) is 14.1. The third-order valence-corrected chi connectivity index (χ3v) is 3.94. The number of esters is 2. The lowest BCUT2D eigenvalue weighted by Gasteiger charge is -2.07. The SMILES string of the molecule is CCCCCCOc1ccc(OC(=O)/C=C/C(=O)Oc2ccc(OC)cc2)cc1. The van der Waals surface area contributed by atoms with Gasteiger partial charge in [0.05, 0.1) is 13.7 Å².